The summed E-state index contributed by atoms with van der Waals surface area (Å²) in [5.41, 5.74) is 2.37. The molecular weight excluding hydrogens is 418 g/mol. The highest BCUT2D eigenvalue weighted by Gasteiger charge is 2.34. The molecule has 1 fully saturated rings. The van der Waals surface area contributed by atoms with Crippen molar-refractivity contribution in [3.63, 3.8) is 0 Å². The third-order valence-electron chi connectivity index (χ3n) is 6.69. The number of amides is 1. The van der Waals surface area contributed by atoms with Gasteiger partial charge in [0.25, 0.3) is 0 Å². The van der Waals surface area contributed by atoms with Gasteiger partial charge in [-0.1, -0.05) is 55.7 Å². The minimum absolute atomic E-state index is 0.0198. The summed E-state index contributed by atoms with van der Waals surface area (Å²) in [6.07, 6.45) is 7.19. The highest BCUT2D eigenvalue weighted by molar-refractivity contribution is 5.76. The maximum atomic E-state index is 12.6. The fourth-order valence-electron chi connectivity index (χ4n) is 4.85. The van der Waals surface area contributed by atoms with Crippen LogP contribution in [-0.2, 0) is 23.1 Å². The van der Waals surface area contributed by atoms with Crippen molar-refractivity contribution >= 4 is 5.91 Å². The van der Waals surface area contributed by atoms with Crippen molar-refractivity contribution in [3.8, 4) is 11.5 Å². The summed E-state index contributed by atoms with van der Waals surface area (Å²) in [5.74, 6) is 2.51. The zero-order valence-corrected chi connectivity index (χ0v) is 18.7. The average molecular weight is 448 g/mol. The summed E-state index contributed by atoms with van der Waals surface area (Å²) in [6, 6.07) is 16.4. The average Bonchev–Trinajstić information content (AvgIpc) is 3.52. The molecule has 3 aromatic rings. The molecule has 2 aromatic carbocycles. The molecule has 5 rings (SSSR count). The van der Waals surface area contributed by atoms with Gasteiger partial charge in [-0.15, -0.1) is 10.2 Å². The second-order valence-electron chi connectivity index (χ2n) is 8.94. The first-order valence-corrected chi connectivity index (χ1v) is 11.7. The normalized spacial score (nSPS) is 16.5. The number of hydrogen-bond donors (Lipinski definition) is 1. The molecule has 0 spiro atoms. The monoisotopic (exact) mass is 447 g/mol. The molecule has 33 heavy (non-hydrogen) atoms. The maximum Gasteiger partial charge on any atom is 0.231 e. The number of carbonyl (C=O) groups excluding carboxylic acids is 1. The number of aromatic nitrogens is 2. The van der Waals surface area contributed by atoms with Crippen molar-refractivity contribution in [1.82, 2.24) is 15.5 Å². The third kappa shape index (κ3) is 5.02. The molecule has 1 aliphatic heterocycles. The SMILES string of the molecule is O=C(CCc1nnc(Cc2ccc3c(c2)OCO3)o1)NCC1(c2ccccc2)CCCCC1. The Balaban J connectivity index is 1.13. The molecule has 0 atom stereocenters. The van der Waals surface area contributed by atoms with Gasteiger partial charge in [0.1, 0.15) is 0 Å². The Kier molecular flexibility index (Phi) is 6.28. The van der Waals surface area contributed by atoms with Crippen LogP contribution in [-0.4, -0.2) is 29.4 Å². The number of fused-ring (bicyclic) bond motifs is 1. The van der Waals surface area contributed by atoms with Crippen LogP contribution in [0, 0.1) is 0 Å². The van der Waals surface area contributed by atoms with Gasteiger partial charge in [-0.2, -0.15) is 0 Å². The molecule has 0 bridgehead atoms. The molecule has 1 N–H and O–H groups in total. The van der Waals surface area contributed by atoms with E-state index < -0.39 is 0 Å². The fraction of sp³-hybridized carbons (Fsp3) is 0.423. The van der Waals surface area contributed by atoms with E-state index in [1.165, 1.54) is 24.8 Å². The first-order chi connectivity index (χ1) is 16.2. The lowest BCUT2D eigenvalue weighted by atomic mass is 9.69. The first kappa shape index (κ1) is 21.5. The Morgan fingerprint density at radius 1 is 0.939 bits per heavy atom. The number of nitrogens with zero attached hydrogens (tertiary/aromatic N) is 2. The predicted octanol–water partition coefficient (Wildman–Crippen LogP) is 4.34. The lowest BCUT2D eigenvalue weighted by Crippen LogP contribution is -2.42. The number of rotatable bonds is 8. The Hall–Kier alpha value is -3.35. The van der Waals surface area contributed by atoms with Crippen molar-refractivity contribution < 1.29 is 18.7 Å². The van der Waals surface area contributed by atoms with Gasteiger partial charge in [-0.25, -0.2) is 0 Å². The molecule has 172 valence electrons. The highest BCUT2D eigenvalue weighted by atomic mass is 16.7. The molecule has 2 aliphatic rings. The van der Waals surface area contributed by atoms with Gasteiger partial charge >= 0.3 is 0 Å². The van der Waals surface area contributed by atoms with Gasteiger partial charge in [0.2, 0.25) is 24.5 Å². The fourth-order valence-corrected chi connectivity index (χ4v) is 4.85. The summed E-state index contributed by atoms with van der Waals surface area (Å²) in [7, 11) is 0. The summed E-state index contributed by atoms with van der Waals surface area (Å²) in [4.78, 5) is 12.6. The minimum Gasteiger partial charge on any atom is -0.454 e. The standard InChI is InChI=1S/C26H29N3O4/c30-23(27-17-26(13-5-2-6-14-26)20-7-3-1-4-8-20)11-12-24-28-29-25(33-24)16-19-9-10-21-22(15-19)32-18-31-21/h1,3-4,7-10,15H,2,5-6,11-14,16-18H2,(H,27,30). The summed E-state index contributed by atoms with van der Waals surface area (Å²) in [5, 5.41) is 11.4. The topological polar surface area (TPSA) is 86.5 Å². The summed E-state index contributed by atoms with van der Waals surface area (Å²) >= 11 is 0. The van der Waals surface area contributed by atoms with Crippen LogP contribution in [0.15, 0.2) is 52.9 Å². The number of benzene rings is 2. The molecule has 7 nitrogen and oxygen atoms in total. The Bertz CT molecular complexity index is 1090. The first-order valence-electron chi connectivity index (χ1n) is 11.7. The quantitative estimate of drug-likeness (QED) is 0.553. The van der Waals surface area contributed by atoms with Crippen LogP contribution >= 0.6 is 0 Å². The van der Waals surface area contributed by atoms with E-state index in [9.17, 15) is 4.79 Å². The van der Waals surface area contributed by atoms with Gasteiger partial charge in [0.15, 0.2) is 11.5 Å². The second-order valence-corrected chi connectivity index (χ2v) is 8.94. The van der Waals surface area contributed by atoms with Crippen LogP contribution in [0.25, 0.3) is 0 Å². The van der Waals surface area contributed by atoms with Crippen LogP contribution in [0.5, 0.6) is 11.5 Å². The molecule has 1 saturated carbocycles. The molecule has 0 saturated heterocycles. The van der Waals surface area contributed by atoms with Crippen molar-refractivity contribution in [1.29, 1.82) is 0 Å². The predicted molar refractivity (Wildman–Crippen MR) is 122 cm³/mol. The van der Waals surface area contributed by atoms with Gasteiger partial charge in [0.05, 0.1) is 6.42 Å². The van der Waals surface area contributed by atoms with Crippen LogP contribution < -0.4 is 14.8 Å². The number of nitrogens with one attached hydrogen (secondary N) is 1. The molecule has 1 amide bonds. The van der Waals surface area contributed by atoms with Crippen LogP contribution in [0.2, 0.25) is 0 Å². The third-order valence-corrected chi connectivity index (χ3v) is 6.69. The van der Waals surface area contributed by atoms with E-state index in [0.717, 1.165) is 29.9 Å². The number of carbonyl (C=O) groups is 1. The molecular formula is C26H29N3O4. The number of hydrogen-bond acceptors (Lipinski definition) is 6. The van der Waals surface area contributed by atoms with Crippen LogP contribution in [0.1, 0.15) is 61.4 Å². The lowest BCUT2D eigenvalue weighted by Gasteiger charge is -2.38. The van der Waals surface area contributed by atoms with E-state index in [1.807, 2.05) is 24.3 Å². The molecule has 1 aromatic heterocycles. The molecule has 7 heteroatoms. The maximum absolute atomic E-state index is 12.6. The van der Waals surface area contributed by atoms with E-state index in [0.29, 0.717) is 37.6 Å². The van der Waals surface area contributed by atoms with Crippen LogP contribution in [0.4, 0.5) is 0 Å². The van der Waals surface area contributed by atoms with Crippen molar-refractivity contribution in [3.05, 3.63) is 71.4 Å². The van der Waals surface area contributed by atoms with Crippen molar-refractivity contribution in [2.24, 2.45) is 0 Å². The van der Waals surface area contributed by atoms with Gasteiger partial charge < -0.3 is 19.2 Å². The summed E-state index contributed by atoms with van der Waals surface area (Å²) in [6.45, 7) is 0.924. The van der Waals surface area contributed by atoms with Crippen molar-refractivity contribution in [2.45, 2.75) is 56.8 Å². The van der Waals surface area contributed by atoms with E-state index in [4.69, 9.17) is 13.9 Å². The largest absolute Gasteiger partial charge is 0.454 e. The smallest absolute Gasteiger partial charge is 0.231 e. The zero-order chi connectivity index (χ0) is 22.5. The van der Waals surface area contributed by atoms with Gasteiger partial charge in [0, 0.05) is 24.8 Å². The van der Waals surface area contributed by atoms with Gasteiger partial charge in [-0.05, 0) is 36.1 Å². The van der Waals surface area contributed by atoms with Gasteiger partial charge in [-0.3, -0.25) is 4.79 Å². The van der Waals surface area contributed by atoms with E-state index >= 15 is 0 Å². The Labute approximate surface area is 193 Å². The Morgan fingerprint density at radius 2 is 1.73 bits per heavy atom. The zero-order valence-electron chi connectivity index (χ0n) is 18.7. The summed E-state index contributed by atoms with van der Waals surface area (Å²) < 4.78 is 16.5. The number of ether oxygens (including phenoxy) is 2. The van der Waals surface area contributed by atoms with E-state index in [1.54, 1.807) is 0 Å². The highest BCUT2D eigenvalue weighted by Crippen LogP contribution is 2.39. The second kappa shape index (κ2) is 9.65. The molecule has 2 heterocycles. The Morgan fingerprint density at radius 3 is 2.58 bits per heavy atom. The van der Waals surface area contributed by atoms with Crippen molar-refractivity contribution in [2.75, 3.05) is 13.3 Å². The van der Waals surface area contributed by atoms with E-state index in [-0.39, 0.29) is 18.1 Å². The lowest BCUT2D eigenvalue weighted by molar-refractivity contribution is -0.121. The van der Waals surface area contributed by atoms with Crippen LogP contribution in [0.3, 0.4) is 0 Å². The molecule has 1 aliphatic carbocycles. The number of aryl methyl sites for hydroxylation is 1. The van der Waals surface area contributed by atoms with E-state index in [2.05, 4.69) is 39.8 Å². The minimum atomic E-state index is 0.0198. The molecule has 0 radical (unpaired) electrons. The molecule has 0 unspecified atom stereocenters.